The lowest BCUT2D eigenvalue weighted by Crippen LogP contribution is -2.57. The van der Waals surface area contributed by atoms with Crippen molar-refractivity contribution in [1.82, 2.24) is 0 Å². The lowest BCUT2D eigenvalue weighted by atomic mass is 9.95. The van der Waals surface area contributed by atoms with Gasteiger partial charge in [-0.05, 0) is 6.92 Å². The minimum atomic E-state index is -5.84. The van der Waals surface area contributed by atoms with Crippen molar-refractivity contribution in [3.63, 3.8) is 0 Å². The molecule has 0 aliphatic carbocycles. The van der Waals surface area contributed by atoms with E-state index in [2.05, 4.69) is 10.9 Å². The molecule has 0 aliphatic heterocycles. The van der Waals surface area contributed by atoms with E-state index in [0.29, 0.717) is 0 Å². The van der Waals surface area contributed by atoms with Crippen LogP contribution >= 0.6 is 0 Å². The molecule has 0 aromatic heterocycles. The number of hydrazone groups is 1. The maximum Gasteiger partial charge on any atom is 0.426 e. The van der Waals surface area contributed by atoms with Crippen molar-refractivity contribution in [2.75, 3.05) is 0 Å². The zero-order valence-corrected chi connectivity index (χ0v) is 7.45. The van der Waals surface area contributed by atoms with Crippen molar-refractivity contribution < 1.29 is 31.4 Å². The van der Waals surface area contributed by atoms with E-state index in [4.69, 9.17) is 5.11 Å². The van der Waals surface area contributed by atoms with E-state index < -0.39 is 30.1 Å². The molecule has 0 radical (unpaired) electrons. The molecule has 90 valence electrons. The van der Waals surface area contributed by atoms with Gasteiger partial charge in [0, 0.05) is 12.1 Å². The van der Waals surface area contributed by atoms with Gasteiger partial charge in [-0.1, -0.05) is 0 Å². The fourth-order valence-electron chi connectivity index (χ4n) is 0.777. The molecule has 15 heavy (non-hydrogen) atoms. The van der Waals surface area contributed by atoms with E-state index in [1.54, 1.807) is 0 Å². The van der Waals surface area contributed by atoms with E-state index in [0.717, 1.165) is 6.92 Å². The number of halogens is 6. The molecule has 0 heterocycles. The topological polar surface area (TPSA) is 58.6 Å². The first-order valence-electron chi connectivity index (χ1n) is 3.55. The monoisotopic (exact) mass is 238 g/mol. The summed E-state index contributed by atoms with van der Waals surface area (Å²) in [5, 5.41) is 11.3. The number of alkyl halides is 6. The molecule has 0 bridgehead atoms. The van der Waals surface area contributed by atoms with Gasteiger partial charge in [0.1, 0.15) is 0 Å². The van der Waals surface area contributed by atoms with E-state index >= 15 is 0 Å². The van der Waals surface area contributed by atoms with Gasteiger partial charge >= 0.3 is 12.4 Å². The predicted molar refractivity (Wildman–Crippen MR) is 39.0 cm³/mol. The molecule has 9 heteroatoms. The molecule has 3 nitrogen and oxygen atoms in total. The van der Waals surface area contributed by atoms with Crippen LogP contribution in [0, 0.1) is 0 Å². The highest BCUT2D eigenvalue weighted by Gasteiger charge is 2.70. The quantitative estimate of drug-likeness (QED) is 0.332. The number of rotatable bonds is 2. The van der Waals surface area contributed by atoms with Crippen LogP contribution in [0.25, 0.3) is 0 Å². The minimum Gasteiger partial charge on any atom is -0.373 e. The first kappa shape index (κ1) is 14.0. The van der Waals surface area contributed by atoms with Crippen molar-refractivity contribution in [3.8, 4) is 0 Å². The summed E-state index contributed by atoms with van der Waals surface area (Å²) in [5.41, 5.74) is -5.47. The summed E-state index contributed by atoms with van der Waals surface area (Å²) >= 11 is 0. The molecular weight excluding hydrogens is 230 g/mol. The van der Waals surface area contributed by atoms with Gasteiger partial charge in [0.05, 0.1) is 0 Å². The maximum absolute atomic E-state index is 12.0. The molecule has 0 fully saturated rings. The second-order valence-electron chi connectivity index (χ2n) is 2.90. The molecule has 0 aromatic rings. The van der Waals surface area contributed by atoms with Crippen LogP contribution in [0.1, 0.15) is 13.3 Å². The van der Waals surface area contributed by atoms with Gasteiger partial charge < -0.3 is 10.9 Å². The fourth-order valence-corrected chi connectivity index (χ4v) is 0.777. The zero-order valence-electron chi connectivity index (χ0n) is 7.45. The first-order chi connectivity index (χ1) is 6.45. The van der Waals surface area contributed by atoms with Crippen molar-refractivity contribution in [1.29, 1.82) is 0 Å². The Morgan fingerprint density at radius 2 is 1.47 bits per heavy atom. The van der Waals surface area contributed by atoms with Crippen molar-refractivity contribution >= 4 is 5.71 Å². The third-order valence-corrected chi connectivity index (χ3v) is 1.67. The van der Waals surface area contributed by atoms with Crippen LogP contribution in [0.4, 0.5) is 26.3 Å². The molecule has 0 amide bonds. The molecular formula is C6H8F6N2O. The largest absolute Gasteiger partial charge is 0.426 e. The van der Waals surface area contributed by atoms with E-state index in [-0.39, 0.29) is 0 Å². The molecule has 0 saturated heterocycles. The van der Waals surface area contributed by atoms with Gasteiger partial charge in [-0.25, -0.2) is 0 Å². The summed E-state index contributed by atoms with van der Waals surface area (Å²) in [6.45, 7) is 0.850. The van der Waals surface area contributed by atoms with Gasteiger partial charge in [0.15, 0.2) is 0 Å². The summed E-state index contributed by atoms with van der Waals surface area (Å²) in [4.78, 5) is 0. The molecule has 0 rings (SSSR count). The average Bonchev–Trinajstić information content (AvgIpc) is 1.99. The van der Waals surface area contributed by atoms with Crippen LogP contribution in [0.2, 0.25) is 0 Å². The Hall–Kier alpha value is -0.990. The van der Waals surface area contributed by atoms with Crippen LogP contribution in [0.3, 0.4) is 0 Å². The smallest absolute Gasteiger partial charge is 0.373 e. The number of nitrogens with two attached hydrogens (primary N) is 1. The summed E-state index contributed by atoms with van der Waals surface area (Å²) < 4.78 is 72.2. The van der Waals surface area contributed by atoms with Crippen molar-refractivity contribution in [2.45, 2.75) is 31.3 Å². The summed E-state index contributed by atoms with van der Waals surface area (Å²) in [7, 11) is 0. The number of aliphatic hydroxyl groups is 1. The standard InChI is InChI=1S/C6H8F6N2O/c1-3(14-13)2-4(15,5(7,8)9)6(10,11)12/h15H,2,13H2,1H3/b14-3-. The SMILES string of the molecule is C/C(CC(O)(C(F)(F)F)C(F)(F)F)=N/N. The average molecular weight is 238 g/mol. The van der Waals surface area contributed by atoms with Crippen LogP contribution in [0.15, 0.2) is 5.10 Å². The highest BCUT2D eigenvalue weighted by Crippen LogP contribution is 2.45. The third-order valence-electron chi connectivity index (χ3n) is 1.67. The van der Waals surface area contributed by atoms with Gasteiger partial charge in [-0.3, -0.25) is 0 Å². The molecule has 0 atom stereocenters. The summed E-state index contributed by atoms with van der Waals surface area (Å²) in [6.07, 6.45) is -13.4. The first-order valence-corrected chi connectivity index (χ1v) is 3.55. The van der Waals surface area contributed by atoms with E-state index in [1.807, 2.05) is 0 Å². The Balaban J connectivity index is 5.25. The van der Waals surface area contributed by atoms with Gasteiger partial charge in [0.25, 0.3) is 5.60 Å². The fraction of sp³-hybridized carbons (Fsp3) is 0.833. The molecule has 3 N–H and O–H groups in total. The zero-order chi connectivity index (χ0) is 12.5. The molecule has 0 unspecified atom stereocenters. The second kappa shape index (κ2) is 3.87. The lowest BCUT2D eigenvalue weighted by molar-refractivity contribution is -0.365. The van der Waals surface area contributed by atoms with Crippen LogP contribution in [-0.4, -0.2) is 28.8 Å². The van der Waals surface area contributed by atoms with E-state index in [9.17, 15) is 26.3 Å². The Morgan fingerprint density at radius 3 is 1.67 bits per heavy atom. The highest BCUT2D eigenvalue weighted by molar-refractivity contribution is 5.82. The highest BCUT2D eigenvalue weighted by atomic mass is 19.4. The Labute approximate surface area is 80.6 Å². The van der Waals surface area contributed by atoms with Gasteiger partial charge in [-0.15, -0.1) is 0 Å². The summed E-state index contributed by atoms with van der Waals surface area (Å²) in [5.74, 6) is 4.51. The minimum absolute atomic E-state index is 0.660. The summed E-state index contributed by atoms with van der Waals surface area (Å²) in [6, 6.07) is 0. The number of hydrogen-bond donors (Lipinski definition) is 2. The Kier molecular flexibility index (Phi) is 3.62. The molecule has 0 saturated carbocycles. The number of nitrogens with zero attached hydrogens (tertiary/aromatic N) is 1. The third kappa shape index (κ3) is 2.74. The van der Waals surface area contributed by atoms with Crippen molar-refractivity contribution in [2.24, 2.45) is 10.9 Å². The van der Waals surface area contributed by atoms with Crippen LogP contribution in [0.5, 0.6) is 0 Å². The Morgan fingerprint density at radius 1 is 1.13 bits per heavy atom. The van der Waals surface area contributed by atoms with Gasteiger partial charge in [0.2, 0.25) is 0 Å². The van der Waals surface area contributed by atoms with E-state index in [1.165, 1.54) is 0 Å². The van der Waals surface area contributed by atoms with Crippen LogP contribution in [-0.2, 0) is 0 Å². The normalized spacial score (nSPS) is 15.6. The lowest BCUT2D eigenvalue weighted by Gasteiger charge is -2.31. The van der Waals surface area contributed by atoms with Crippen molar-refractivity contribution in [3.05, 3.63) is 0 Å². The molecule has 0 aromatic carbocycles. The van der Waals surface area contributed by atoms with Gasteiger partial charge in [-0.2, -0.15) is 31.4 Å². The Bertz CT molecular complexity index is 241. The molecule has 0 spiro atoms. The second-order valence-corrected chi connectivity index (χ2v) is 2.90. The maximum atomic E-state index is 12.0. The molecule has 0 aliphatic rings. The number of hydrogen-bond acceptors (Lipinski definition) is 3. The van der Waals surface area contributed by atoms with Crippen LogP contribution < -0.4 is 5.84 Å². The predicted octanol–water partition coefficient (Wildman–Crippen LogP) is 1.57.